The number of rotatable bonds is 3. The van der Waals surface area contributed by atoms with Crippen LogP contribution in [0.5, 0.6) is 0 Å². The fourth-order valence-electron chi connectivity index (χ4n) is 3.49. The van der Waals surface area contributed by atoms with Gasteiger partial charge >= 0.3 is 6.03 Å². The quantitative estimate of drug-likeness (QED) is 0.778. The highest BCUT2D eigenvalue weighted by molar-refractivity contribution is 5.80. The van der Waals surface area contributed by atoms with Gasteiger partial charge in [-0.25, -0.2) is 0 Å². The van der Waals surface area contributed by atoms with Crippen LogP contribution in [0.1, 0.15) is 63.1 Å². The summed E-state index contributed by atoms with van der Waals surface area (Å²) in [7, 11) is 0. The van der Waals surface area contributed by atoms with E-state index >= 15 is 0 Å². The van der Waals surface area contributed by atoms with E-state index in [4.69, 9.17) is 4.74 Å². The first-order valence-electron chi connectivity index (χ1n) is 8.34. The molecule has 1 aromatic rings. The smallest absolute Gasteiger partial charge is 0.418 e. The Morgan fingerprint density at radius 2 is 1.57 bits per heavy atom. The molecule has 4 nitrogen and oxygen atoms in total. The standard InChI is InChI=1S/C19H29N2O2/c1-11(2)20-16(8)23-18(21(12(3)4)19(20)22)17-14(6)9-13(5)10-15(17)7/h9-12,18H,1-8H3/q+1. The summed E-state index contributed by atoms with van der Waals surface area (Å²) in [6.07, 6.45) is -0.363. The van der Waals surface area contributed by atoms with Gasteiger partial charge in [0.1, 0.15) is 6.04 Å². The molecule has 0 spiro atoms. The van der Waals surface area contributed by atoms with Crippen LogP contribution >= 0.6 is 0 Å². The second-order valence-electron chi connectivity index (χ2n) is 7.05. The van der Waals surface area contributed by atoms with E-state index in [9.17, 15) is 4.79 Å². The van der Waals surface area contributed by atoms with E-state index in [1.807, 2.05) is 39.5 Å². The van der Waals surface area contributed by atoms with Crippen LogP contribution in [0.3, 0.4) is 0 Å². The maximum atomic E-state index is 13.0. The molecule has 126 valence electrons. The molecule has 2 rings (SSSR count). The lowest BCUT2D eigenvalue weighted by Crippen LogP contribution is -2.53. The van der Waals surface area contributed by atoms with Crippen molar-refractivity contribution >= 4 is 11.9 Å². The third kappa shape index (κ3) is 3.12. The zero-order valence-corrected chi connectivity index (χ0v) is 15.6. The first-order valence-corrected chi connectivity index (χ1v) is 8.34. The summed E-state index contributed by atoms with van der Waals surface area (Å²) in [5, 5.41) is 0. The topological polar surface area (TPSA) is 32.5 Å². The van der Waals surface area contributed by atoms with Crippen molar-refractivity contribution in [2.24, 2.45) is 0 Å². The lowest BCUT2D eigenvalue weighted by atomic mass is 9.97. The number of benzene rings is 1. The molecule has 0 N–H and O–H groups in total. The van der Waals surface area contributed by atoms with Gasteiger partial charge in [-0.3, -0.25) is 0 Å². The van der Waals surface area contributed by atoms with E-state index < -0.39 is 0 Å². The van der Waals surface area contributed by atoms with Gasteiger partial charge in [0, 0.05) is 12.5 Å². The Labute approximate surface area is 139 Å². The number of ether oxygens (including phenoxy) is 1. The molecule has 0 radical (unpaired) electrons. The van der Waals surface area contributed by atoms with Crippen LogP contribution in [-0.2, 0) is 4.74 Å². The summed E-state index contributed by atoms with van der Waals surface area (Å²) in [5.74, 6) is 0.672. The fourth-order valence-corrected chi connectivity index (χ4v) is 3.49. The van der Waals surface area contributed by atoms with Gasteiger partial charge in [-0.05, 0) is 59.6 Å². The lowest BCUT2D eigenvalue weighted by Gasteiger charge is -2.35. The molecule has 23 heavy (non-hydrogen) atoms. The van der Waals surface area contributed by atoms with Crippen molar-refractivity contribution < 1.29 is 14.1 Å². The van der Waals surface area contributed by atoms with Crippen molar-refractivity contribution in [1.29, 1.82) is 0 Å². The molecule has 1 unspecified atom stereocenters. The number of carbonyl (C=O) groups is 1. The number of carbonyl (C=O) groups excluding carboxylic acids is 1. The Bertz CT molecular complexity index is 636. The third-order valence-electron chi connectivity index (χ3n) is 4.36. The molecule has 0 bridgehead atoms. The summed E-state index contributed by atoms with van der Waals surface area (Å²) in [5.41, 5.74) is 4.65. The molecule has 0 aliphatic carbocycles. The Balaban J connectivity index is 2.61. The minimum Gasteiger partial charge on any atom is -0.418 e. The Hall–Kier alpha value is -1.84. The molecule has 0 saturated heterocycles. The van der Waals surface area contributed by atoms with Gasteiger partial charge in [0.15, 0.2) is 0 Å². The van der Waals surface area contributed by atoms with Gasteiger partial charge in [0.25, 0.3) is 12.1 Å². The van der Waals surface area contributed by atoms with Crippen molar-refractivity contribution in [3.05, 3.63) is 34.4 Å². The number of amides is 2. The molecule has 1 aromatic carbocycles. The van der Waals surface area contributed by atoms with E-state index in [1.165, 1.54) is 5.56 Å². The maximum absolute atomic E-state index is 13.0. The monoisotopic (exact) mass is 317 g/mol. The highest BCUT2D eigenvalue weighted by Crippen LogP contribution is 2.33. The van der Waals surface area contributed by atoms with E-state index in [0.29, 0.717) is 5.90 Å². The normalized spacial score (nSPS) is 19.0. The van der Waals surface area contributed by atoms with Crippen LogP contribution in [-0.4, -0.2) is 33.5 Å². The number of hydrogen-bond acceptors (Lipinski definition) is 2. The molecular formula is C19H29N2O2+. The predicted molar refractivity (Wildman–Crippen MR) is 92.9 cm³/mol. The minimum absolute atomic E-state index is 0.0168. The van der Waals surface area contributed by atoms with E-state index in [0.717, 1.165) is 16.7 Å². The number of hydrogen-bond donors (Lipinski definition) is 0. The van der Waals surface area contributed by atoms with Crippen LogP contribution in [0.15, 0.2) is 12.1 Å². The van der Waals surface area contributed by atoms with Gasteiger partial charge in [0.05, 0.1) is 6.04 Å². The van der Waals surface area contributed by atoms with E-state index in [2.05, 4.69) is 32.9 Å². The average molecular weight is 317 g/mol. The van der Waals surface area contributed by atoms with Crippen molar-refractivity contribution in [3.8, 4) is 0 Å². The van der Waals surface area contributed by atoms with Crippen LogP contribution < -0.4 is 0 Å². The second kappa shape index (κ2) is 6.34. The minimum atomic E-state index is -0.363. The molecular weight excluding hydrogens is 288 g/mol. The predicted octanol–water partition coefficient (Wildman–Crippen LogP) is 4.31. The largest absolute Gasteiger partial charge is 0.499 e. The first-order chi connectivity index (χ1) is 10.6. The first kappa shape index (κ1) is 17.5. The van der Waals surface area contributed by atoms with Crippen molar-refractivity contribution in [2.45, 2.75) is 73.7 Å². The van der Waals surface area contributed by atoms with Gasteiger partial charge < -0.3 is 4.74 Å². The van der Waals surface area contributed by atoms with Crippen molar-refractivity contribution in [3.63, 3.8) is 0 Å². The molecule has 1 aliphatic rings. The number of aryl methyl sites for hydroxylation is 3. The third-order valence-corrected chi connectivity index (χ3v) is 4.36. The number of urea groups is 1. The Morgan fingerprint density at radius 3 is 2.00 bits per heavy atom. The Kier molecular flexibility index (Phi) is 4.83. The summed E-state index contributed by atoms with van der Waals surface area (Å²) < 4.78 is 7.97. The Morgan fingerprint density at radius 1 is 1.04 bits per heavy atom. The highest BCUT2D eigenvalue weighted by atomic mass is 16.5. The summed E-state index contributed by atoms with van der Waals surface area (Å²) >= 11 is 0. The average Bonchev–Trinajstić information content (AvgIpc) is 2.35. The van der Waals surface area contributed by atoms with Crippen LogP contribution in [0, 0.1) is 20.8 Å². The zero-order valence-electron chi connectivity index (χ0n) is 15.6. The van der Waals surface area contributed by atoms with Crippen LogP contribution in [0.2, 0.25) is 0 Å². The molecule has 1 atom stereocenters. The molecule has 4 heteroatoms. The molecule has 1 heterocycles. The van der Waals surface area contributed by atoms with Gasteiger partial charge in [-0.15, -0.1) is 0 Å². The summed E-state index contributed by atoms with van der Waals surface area (Å²) in [6, 6.07) is 4.45. The fraction of sp³-hybridized carbons (Fsp3) is 0.579. The SMILES string of the molecule is CC1=[N+](C(C)C)C(=O)N(C(C)C)C(c2c(C)cc(C)cc2C)O1. The van der Waals surface area contributed by atoms with Gasteiger partial charge in [-0.1, -0.05) is 17.7 Å². The zero-order chi connectivity index (χ0) is 17.5. The number of nitrogens with zero attached hydrogens (tertiary/aromatic N) is 2. The highest BCUT2D eigenvalue weighted by Gasteiger charge is 2.46. The molecule has 0 aromatic heterocycles. The van der Waals surface area contributed by atoms with Crippen LogP contribution in [0.25, 0.3) is 0 Å². The van der Waals surface area contributed by atoms with Crippen LogP contribution in [0.4, 0.5) is 4.79 Å². The maximum Gasteiger partial charge on any atom is 0.499 e. The van der Waals surface area contributed by atoms with E-state index in [1.54, 1.807) is 4.58 Å². The molecule has 1 aliphatic heterocycles. The molecule has 0 saturated carbocycles. The van der Waals surface area contributed by atoms with Gasteiger partial charge in [0.2, 0.25) is 0 Å². The molecule has 2 amide bonds. The summed E-state index contributed by atoms with van der Waals surface area (Å²) in [6.45, 7) is 16.2. The van der Waals surface area contributed by atoms with Crippen molar-refractivity contribution in [2.75, 3.05) is 0 Å². The second-order valence-corrected chi connectivity index (χ2v) is 7.05. The van der Waals surface area contributed by atoms with Crippen molar-refractivity contribution in [1.82, 2.24) is 4.90 Å². The lowest BCUT2D eigenvalue weighted by molar-refractivity contribution is -0.496. The summed E-state index contributed by atoms with van der Waals surface area (Å²) in [4.78, 5) is 14.9. The van der Waals surface area contributed by atoms with E-state index in [-0.39, 0.29) is 24.3 Å². The van der Waals surface area contributed by atoms with Gasteiger partial charge in [-0.2, -0.15) is 14.3 Å². The molecule has 0 fully saturated rings.